The first-order valence-electron chi connectivity index (χ1n) is 7.15. The Balaban J connectivity index is 1.74. The van der Waals surface area contributed by atoms with Gasteiger partial charge in [-0.3, -0.25) is 0 Å². The van der Waals surface area contributed by atoms with Crippen molar-refractivity contribution in [3.8, 4) is 11.3 Å². The maximum absolute atomic E-state index is 5.91. The molecule has 0 amide bonds. The zero-order valence-electron chi connectivity index (χ0n) is 12.9. The molecule has 0 aliphatic heterocycles. The van der Waals surface area contributed by atoms with Crippen molar-refractivity contribution in [3.05, 3.63) is 64.5 Å². The van der Waals surface area contributed by atoms with E-state index in [1.807, 2.05) is 62.1 Å². The Morgan fingerprint density at radius 3 is 2.39 bits per heavy atom. The van der Waals surface area contributed by atoms with Crippen LogP contribution in [0.5, 0.6) is 0 Å². The van der Waals surface area contributed by atoms with Crippen LogP contribution in [0, 0.1) is 0 Å². The van der Waals surface area contributed by atoms with E-state index >= 15 is 0 Å². The normalized spacial score (nSPS) is 11.1. The van der Waals surface area contributed by atoms with Gasteiger partial charge in [-0.1, -0.05) is 35.9 Å². The standard InChI is InChI=1S/C18H16ClN3S/c1-22(2)16-9-3-13(4-10-16)11-20-18-21-17(12-23-18)14-5-7-15(19)8-6-14/h3-12H,1-2H3. The van der Waals surface area contributed by atoms with E-state index in [1.54, 1.807) is 0 Å². The van der Waals surface area contributed by atoms with Crippen molar-refractivity contribution in [2.45, 2.75) is 0 Å². The Hall–Kier alpha value is -2.17. The molecule has 1 heterocycles. The molecule has 0 spiro atoms. The summed E-state index contributed by atoms with van der Waals surface area (Å²) in [7, 11) is 4.05. The van der Waals surface area contributed by atoms with Crippen LogP contribution in [-0.2, 0) is 0 Å². The minimum atomic E-state index is 0.725. The second kappa shape index (κ2) is 6.94. The molecular formula is C18H16ClN3S. The lowest BCUT2D eigenvalue weighted by Gasteiger charge is -2.11. The van der Waals surface area contributed by atoms with Crippen LogP contribution in [-0.4, -0.2) is 25.3 Å². The first-order valence-corrected chi connectivity index (χ1v) is 8.40. The zero-order valence-corrected chi connectivity index (χ0v) is 14.5. The summed E-state index contributed by atoms with van der Waals surface area (Å²) in [6.07, 6.45) is 1.84. The minimum Gasteiger partial charge on any atom is -0.378 e. The van der Waals surface area contributed by atoms with Gasteiger partial charge in [0.2, 0.25) is 5.13 Å². The van der Waals surface area contributed by atoms with Gasteiger partial charge in [0, 0.05) is 42.0 Å². The zero-order chi connectivity index (χ0) is 16.2. The maximum Gasteiger partial charge on any atom is 0.209 e. The third kappa shape index (κ3) is 3.97. The summed E-state index contributed by atoms with van der Waals surface area (Å²) in [5.41, 5.74) is 4.18. The molecule has 0 fully saturated rings. The molecule has 3 aromatic rings. The van der Waals surface area contributed by atoms with Crippen molar-refractivity contribution in [2.75, 3.05) is 19.0 Å². The summed E-state index contributed by atoms with van der Waals surface area (Å²) in [6.45, 7) is 0. The van der Waals surface area contributed by atoms with Gasteiger partial charge in [0.05, 0.1) is 5.69 Å². The van der Waals surface area contributed by atoms with Gasteiger partial charge in [-0.2, -0.15) is 0 Å². The first kappa shape index (κ1) is 15.7. The van der Waals surface area contributed by atoms with Crippen molar-refractivity contribution < 1.29 is 0 Å². The fourth-order valence-corrected chi connectivity index (χ4v) is 2.86. The molecule has 2 aromatic carbocycles. The summed E-state index contributed by atoms with van der Waals surface area (Å²) in [5.74, 6) is 0. The quantitative estimate of drug-likeness (QED) is 0.604. The number of hydrogen-bond acceptors (Lipinski definition) is 4. The van der Waals surface area contributed by atoms with Crippen LogP contribution in [0.1, 0.15) is 5.56 Å². The molecule has 1 aromatic heterocycles. The average molecular weight is 342 g/mol. The molecule has 0 radical (unpaired) electrons. The van der Waals surface area contributed by atoms with Crippen molar-refractivity contribution in [1.82, 2.24) is 4.98 Å². The molecule has 0 saturated heterocycles. The van der Waals surface area contributed by atoms with Gasteiger partial charge in [-0.25, -0.2) is 9.98 Å². The van der Waals surface area contributed by atoms with E-state index in [9.17, 15) is 0 Å². The Morgan fingerprint density at radius 1 is 1.04 bits per heavy atom. The number of nitrogens with zero attached hydrogens (tertiary/aromatic N) is 3. The molecule has 23 heavy (non-hydrogen) atoms. The third-order valence-corrected chi connectivity index (χ3v) is 4.37. The highest BCUT2D eigenvalue weighted by molar-refractivity contribution is 7.13. The second-order valence-corrected chi connectivity index (χ2v) is 6.54. The molecule has 3 nitrogen and oxygen atoms in total. The lowest BCUT2D eigenvalue weighted by Crippen LogP contribution is -2.08. The Labute approximate surface area is 144 Å². The Bertz CT molecular complexity index is 805. The highest BCUT2D eigenvalue weighted by Gasteiger charge is 2.03. The molecule has 116 valence electrons. The predicted octanol–water partition coefficient (Wildman–Crippen LogP) is 5.28. The van der Waals surface area contributed by atoms with Gasteiger partial charge in [-0.05, 0) is 29.8 Å². The fourth-order valence-electron chi connectivity index (χ4n) is 2.07. The number of thiazole rings is 1. The second-order valence-electron chi connectivity index (χ2n) is 5.27. The molecule has 5 heteroatoms. The lowest BCUT2D eigenvalue weighted by molar-refractivity contribution is 1.13. The van der Waals surface area contributed by atoms with E-state index < -0.39 is 0 Å². The van der Waals surface area contributed by atoms with Crippen LogP contribution >= 0.6 is 22.9 Å². The highest BCUT2D eigenvalue weighted by Crippen LogP contribution is 2.27. The highest BCUT2D eigenvalue weighted by atomic mass is 35.5. The van der Waals surface area contributed by atoms with Crippen molar-refractivity contribution in [3.63, 3.8) is 0 Å². The summed E-state index contributed by atoms with van der Waals surface area (Å²) in [6, 6.07) is 15.9. The van der Waals surface area contributed by atoms with Crippen molar-refractivity contribution in [1.29, 1.82) is 0 Å². The summed E-state index contributed by atoms with van der Waals surface area (Å²) < 4.78 is 0. The first-order chi connectivity index (χ1) is 11.1. The van der Waals surface area contributed by atoms with Crippen molar-refractivity contribution in [2.24, 2.45) is 4.99 Å². The summed E-state index contributed by atoms with van der Waals surface area (Å²) in [4.78, 5) is 11.1. The maximum atomic E-state index is 5.91. The number of benzene rings is 2. The van der Waals surface area contributed by atoms with E-state index in [0.29, 0.717) is 0 Å². The number of rotatable bonds is 4. The summed E-state index contributed by atoms with van der Waals surface area (Å²) >= 11 is 7.43. The van der Waals surface area contributed by atoms with Gasteiger partial charge in [0.15, 0.2) is 0 Å². The van der Waals surface area contributed by atoms with Crippen LogP contribution in [0.25, 0.3) is 11.3 Å². The molecule has 3 rings (SSSR count). The van der Waals surface area contributed by atoms with Gasteiger partial charge in [0.1, 0.15) is 0 Å². The number of aliphatic imine (C=N–C) groups is 1. The molecular weight excluding hydrogens is 326 g/mol. The van der Waals surface area contributed by atoms with Crippen LogP contribution in [0.15, 0.2) is 58.9 Å². The summed E-state index contributed by atoms with van der Waals surface area (Å²) in [5, 5.41) is 3.47. The van der Waals surface area contributed by atoms with Gasteiger partial charge < -0.3 is 4.90 Å². The van der Waals surface area contributed by atoms with Crippen molar-refractivity contribution >= 4 is 40.0 Å². The molecule has 0 atom stereocenters. The smallest absolute Gasteiger partial charge is 0.209 e. The molecule has 0 aliphatic carbocycles. The Morgan fingerprint density at radius 2 is 1.74 bits per heavy atom. The van der Waals surface area contributed by atoms with Crippen LogP contribution in [0.3, 0.4) is 0 Å². The average Bonchev–Trinajstić information content (AvgIpc) is 3.03. The molecule has 0 unspecified atom stereocenters. The Kier molecular flexibility index (Phi) is 4.74. The third-order valence-electron chi connectivity index (χ3n) is 3.37. The SMILES string of the molecule is CN(C)c1ccc(C=Nc2nc(-c3ccc(Cl)cc3)cs2)cc1. The van der Waals surface area contributed by atoms with E-state index in [0.717, 1.165) is 27.0 Å². The van der Waals surface area contributed by atoms with E-state index in [1.165, 1.54) is 17.0 Å². The van der Waals surface area contributed by atoms with E-state index in [4.69, 9.17) is 11.6 Å². The monoisotopic (exact) mass is 341 g/mol. The van der Waals surface area contributed by atoms with Crippen LogP contribution in [0.4, 0.5) is 10.8 Å². The largest absolute Gasteiger partial charge is 0.378 e. The molecule has 0 saturated carbocycles. The fraction of sp³-hybridized carbons (Fsp3) is 0.111. The number of hydrogen-bond donors (Lipinski definition) is 0. The minimum absolute atomic E-state index is 0.725. The number of anilines is 1. The number of halogens is 1. The lowest BCUT2D eigenvalue weighted by atomic mass is 10.2. The molecule has 0 bridgehead atoms. The number of aromatic nitrogens is 1. The molecule has 0 aliphatic rings. The van der Waals surface area contributed by atoms with Crippen LogP contribution < -0.4 is 4.90 Å². The van der Waals surface area contributed by atoms with Gasteiger partial charge >= 0.3 is 0 Å². The van der Waals surface area contributed by atoms with Crippen LogP contribution in [0.2, 0.25) is 5.02 Å². The van der Waals surface area contributed by atoms with Gasteiger partial charge in [-0.15, -0.1) is 11.3 Å². The van der Waals surface area contributed by atoms with E-state index in [-0.39, 0.29) is 0 Å². The van der Waals surface area contributed by atoms with Gasteiger partial charge in [0.25, 0.3) is 0 Å². The van der Waals surface area contributed by atoms with E-state index in [2.05, 4.69) is 27.0 Å². The topological polar surface area (TPSA) is 28.5 Å². The predicted molar refractivity (Wildman–Crippen MR) is 101 cm³/mol. The molecule has 0 N–H and O–H groups in total.